The van der Waals surface area contributed by atoms with Crippen molar-refractivity contribution < 1.29 is 19.1 Å². The smallest absolute Gasteiger partial charge is 0.306 e. The molecule has 0 aliphatic heterocycles. The average molecular weight is 425 g/mol. The van der Waals surface area contributed by atoms with Gasteiger partial charge in [0.1, 0.15) is 6.61 Å². The van der Waals surface area contributed by atoms with Crippen LogP contribution in [0.2, 0.25) is 5.02 Å². The zero-order valence-electron chi connectivity index (χ0n) is 17.9. The Hall–Kier alpha value is -1.55. The highest BCUT2D eigenvalue weighted by atomic mass is 35.5. The predicted molar refractivity (Wildman–Crippen MR) is 118 cm³/mol. The molecule has 1 rings (SSSR count). The molecule has 164 valence electrons. The Morgan fingerprint density at radius 1 is 0.793 bits per heavy atom. The van der Waals surface area contributed by atoms with Crippen LogP contribution in [-0.2, 0) is 25.7 Å². The third-order valence-corrected chi connectivity index (χ3v) is 5.07. The van der Waals surface area contributed by atoms with E-state index in [2.05, 4.69) is 6.92 Å². The van der Waals surface area contributed by atoms with Gasteiger partial charge in [-0.15, -0.1) is 0 Å². The molecule has 0 fully saturated rings. The fourth-order valence-corrected chi connectivity index (χ4v) is 3.30. The Bertz CT molecular complexity index is 574. The first-order chi connectivity index (χ1) is 14.1. The molecular weight excluding hydrogens is 388 g/mol. The van der Waals surface area contributed by atoms with Gasteiger partial charge in [0, 0.05) is 5.02 Å². The maximum atomic E-state index is 11.7. The van der Waals surface area contributed by atoms with E-state index in [1.54, 1.807) is 18.2 Å². The van der Waals surface area contributed by atoms with E-state index in [4.69, 9.17) is 21.1 Å². The van der Waals surface area contributed by atoms with Gasteiger partial charge >= 0.3 is 11.9 Å². The van der Waals surface area contributed by atoms with Crippen LogP contribution in [-0.4, -0.2) is 18.5 Å². The Kier molecular flexibility index (Phi) is 15.2. The highest BCUT2D eigenvalue weighted by Gasteiger charge is 2.09. The largest absolute Gasteiger partial charge is 0.466 e. The highest BCUT2D eigenvalue weighted by molar-refractivity contribution is 6.30. The van der Waals surface area contributed by atoms with E-state index in [9.17, 15) is 9.59 Å². The number of carbonyl (C=O) groups is 2. The van der Waals surface area contributed by atoms with Crippen molar-refractivity contribution in [3.8, 4) is 0 Å². The molecule has 0 bridgehead atoms. The molecule has 0 N–H and O–H groups in total. The summed E-state index contributed by atoms with van der Waals surface area (Å²) in [5.74, 6) is -0.742. The number of ether oxygens (including phenoxy) is 2. The van der Waals surface area contributed by atoms with Crippen molar-refractivity contribution in [2.45, 2.75) is 97.0 Å². The molecule has 4 nitrogen and oxygen atoms in total. The van der Waals surface area contributed by atoms with Gasteiger partial charge in [-0.2, -0.15) is 0 Å². The average Bonchev–Trinajstić information content (AvgIpc) is 2.71. The maximum absolute atomic E-state index is 11.7. The van der Waals surface area contributed by atoms with Crippen LogP contribution in [0.3, 0.4) is 0 Å². The molecule has 0 atom stereocenters. The van der Waals surface area contributed by atoms with E-state index in [-0.39, 0.29) is 25.4 Å². The van der Waals surface area contributed by atoms with E-state index in [0.717, 1.165) is 18.4 Å². The molecule has 0 spiro atoms. The molecule has 0 heterocycles. The summed E-state index contributed by atoms with van der Waals surface area (Å²) in [6.45, 7) is 2.84. The molecule has 0 saturated heterocycles. The molecule has 0 aromatic heterocycles. The zero-order chi connectivity index (χ0) is 21.2. The second-order valence-electron chi connectivity index (χ2n) is 7.55. The molecule has 0 amide bonds. The number of benzene rings is 1. The van der Waals surface area contributed by atoms with Crippen LogP contribution >= 0.6 is 11.6 Å². The Morgan fingerprint density at radius 2 is 1.34 bits per heavy atom. The van der Waals surface area contributed by atoms with Gasteiger partial charge < -0.3 is 9.47 Å². The number of rotatable bonds is 17. The van der Waals surface area contributed by atoms with Crippen LogP contribution < -0.4 is 0 Å². The second kappa shape index (κ2) is 17.3. The molecule has 0 aliphatic rings. The lowest BCUT2D eigenvalue weighted by molar-refractivity contribution is -0.151. The van der Waals surface area contributed by atoms with E-state index >= 15 is 0 Å². The topological polar surface area (TPSA) is 52.6 Å². The fourth-order valence-electron chi connectivity index (χ4n) is 3.09. The standard InChI is InChI=1S/C24H37ClO4/c1-2-3-4-5-6-7-8-9-10-11-12-18-28-23(26)16-17-24(27)29-20-21-14-13-15-22(25)19-21/h13-15,19H,2-12,16-18,20H2,1H3. The summed E-state index contributed by atoms with van der Waals surface area (Å²) < 4.78 is 10.3. The van der Waals surface area contributed by atoms with E-state index in [1.807, 2.05) is 6.07 Å². The van der Waals surface area contributed by atoms with Crippen molar-refractivity contribution in [1.29, 1.82) is 0 Å². The van der Waals surface area contributed by atoms with Crippen molar-refractivity contribution in [3.05, 3.63) is 34.9 Å². The quantitative estimate of drug-likeness (QED) is 0.199. The fraction of sp³-hybridized carbons (Fsp3) is 0.667. The van der Waals surface area contributed by atoms with Gasteiger partial charge in [-0.05, 0) is 24.1 Å². The number of unbranched alkanes of at least 4 members (excludes halogenated alkanes) is 10. The van der Waals surface area contributed by atoms with Crippen molar-refractivity contribution in [3.63, 3.8) is 0 Å². The van der Waals surface area contributed by atoms with Crippen LogP contribution in [0.4, 0.5) is 0 Å². The SMILES string of the molecule is CCCCCCCCCCCCCOC(=O)CCC(=O)OCc1cccc(Cl)c1. The first kappa shape index (κ1) is 25.5. The van der Waals surface area contributed by atoms with Crippen molar-refractivity contribution >= 4 is 23.5 Å². The Balaban J connectivity index is 1.90. The first-order valence-electron chi connectivity index (χ1n) is 11.2. The zero-order valence-corrected chi connectivity index (χ0v) is 18.7. The van der Waals surface area contributed by atoms with Gasteiger partial charge in [0.05, 0.1) is 19.4 Å². The van der Waals surface area contributed by atoms with Gasteiger partial charge in [0.15, 0.2) is 0 Å². The summed E-state index contributed by atoms with van der Waals surface area (Å²) in [7, 11) is 0. The molecule has 1 aromatic carbocycles. The number of carbonyl (C=O) groups excluding carboxylic acids is 2. The van der Waals surface area contributed by atoms with Crippen LogP contribution in [0.5, 0.6) is 0 Å². The van der Waals surface area contributed by atoms with Crippen molar-refractivity contribution in [2.75, 3.05) is 6.61 Å². The number of hydrogen-bond donors (Lipinski definition) is 0. The molecule has 0 unspecified atom stereocenters. The van der Waals surface area contributed by atoms with Gasteiger partial charge in [-0.25, -0.2) is 0 Å². The van der Waals surface area contributed by atoms with Crippen LogP contribution in [0, 0.1) is 0 Å². The minimum Gasteiger partial charge on any atom is -0.466 e. The molecular formula is C24H37ClO4. The summed E-state index contributed by atoms with van der Waals surface area (Å²) in [5.41, 5.74) is 0.824. The third kappa shape index (κ3) is 15.0. The van der Waals surface area contributed by atoms with Crippen LogP contribution in [0.15, 0.2) is 24.3 Å². The Morgan fingerprint density at radius 3 is 1.93 bits per heavy atom. The third-order valence-electron chi connectivity index (χ3n) is 4.83. The first-order valence-corrected chi connectivity index (χ1v) is 11.5. The van der Waals surface area contributed by atoms with E-state index in [1.165, 1.54) is 57.8 Å². The molecule has 1 aromatic rings. The van der Waals surface area contributed by atoms with Crippen LogP contribution in [0.25, 0.3) is 0 Å². The van der Waals surface area contributed by atoms with Crippen molar-refractivity contribution in [1.82, 2.24) is 0 Å². The highest BCUT2D eigenvalue weighted by Crippen LogP contribution is 2.13. The lowest BCUT2D eigenvalue weighted by Crippen LogP contribution is -2.11. The van der Waals surface area contributed by atoms with E-state index in [0.29, 0.717) is 11.6 Å². The summed E-state index contributed by atoms with van der Waals surface area (Å²) in [4.78, 5) is 23.4. The number of esters is 2. The lowest BCUT2D eigenvalue weighted by atomic mass is 10.1. The summed E-state index contributed by atoms with van der Waals surface area (Å²) >= 11 is 5.88. The van der Waals surface area contributed by atoms with Gasteiger partial charge in [-0.3, -0.25) is 9.59 Å². The number of hydrogen-bond acceptors (Lipinski definition) is 4. The Labute approximate surface area is 181 Å². The van der Waals surface area contributed by atoms with Gasteiger partial charge in [-0.1, -0.05) is 94.9 Å². The van der Waals surface area contributed by atoms with Crippen molar-refractivity contribution in [2.24, 2.45) is 0 Å². The molecule has 29 heavy (non-hydrogen) atoms. The minimum absolute atomic E-state index is 0.0393. The normalized spacial score (nSPS) is 10.7. The second-order valence-corrected chi connectivity index (χ2v) is 7.98. The summed E-state index contributed by atoms with van der Waals surface area (Å²) in [6.07, 6.45) is 14.0. The summed E-state index contributed by atoms with van der Waals surface area (Å²) in [5, 5.41) is 0.601. The monoisotopic (exact) mass is 424 g/mol. The van der Waals surface area contributed by atoms with E-state index < -0.39 is 5.97 Å². The molecule has 0 aliphatic carbocycles. The maximum Gasteiger partial charge on any atom is 0.306 e. The van der Waals surface area contributed by atoms with Gasteiger partial charge in [0.2, 0.25) is 0 Å². The molecule has 0 radical (unpaired) electrons. The minimum atomic E-state index is -0.406. The predicted octanol–water partition coefficient (Wildman–Crippen LogP) is 7.02. The number of halogens is 1. The van der Waals surface area contributed by atoms with Gasteiger partial charge in [0.25, 0.3) is 0 Å². The molecule has 5 heteroatoms. The van der Waals surface area contributed by atoms with Crippen LogP contribution in [0.1, 0.15) is 96.0 Å². The molecule has 0 saturated carbocycles. The lowest BCUT2D eigenvalue weighted by Gasteiger charge is -2.06. The summed E-state index contributed by atoms with van der Waals surface area (Å²) in [6, 6.07) is 7.15.